The number of aliphatic hydroxyl groups is 2. The molecule has 0 spiro atoms. The fourth-order valence-corrected chi connectivity index (χ4v) is 1.23. The van der Waals surface area contributed by atoms with Gasteiger partial charge in [-0.15, -0.1) is 0 Å². The van der Waals surface area contributed by atoms with E-state index in [1.54, 1.807) is 0 Å². The van der Waals surface area contributed by atoms with E-state index in [0.717, 1.165) is 0 Å². The number of aliphatic hydroxyl groups excluding tert-OH is 2. The van der Waals surface area contributed by atoms with Crippen LogP contribution in [0.2, 0.25) is 0 Å². The Balaban J connectivity index is 4.61. The number of hydrogen-bond acceptors (Lipinski definition) is 8. The predicted molar refractivity (Wildman–Crippen MR) is 81.4 cm³/mol. The van der Waals surface area contributed by atoms with Crippen molar-refractivity contribution in [2.24, 2.45) is 9.98 Å². The molecule has 0 fully saturated rings. The van der Waals surface area contributed by atoms with E-state index in [0.29, 0.717) is 0 Å². The molecule has 0 aromatic rings. The van der Waals surface area contributed by atoms with Crippen molar-refractivity contribution < 1.29 is 29.3 Å². The molecule has 0 bridgehead atoms. The van der Waals surface area contributed by atoms with Crippen LogP contribution in [0.4, 0.5) is 0 Å². The Hall–Kier alpha value is -2.64. The third-order valence-electron chi connectivity index (χ3n) is 2.39. The number of aliphatic imine (C=N–C) groups is 2. The lowest BCUT2D eigenvalue weighted by atomic mass is 10.2. The lowest BCUT2D eigenvalue weighted by Crippen LogP contribution is -2.09. The second-order valence-electron chi connectivity index (χ2n) is 4.05. The van der Waals surface area contributed by atoms with Gasteiger partial charge in [0.2, 0.25) is 0 Å². The van der Waals surface area contributed by atoms with E-state index in [1.165, 1.54) is 40.5 Å². The number of hydrogen-bond donors (Lipinski definition) is 2. The molecule has 0 radical (unpaired) electrons. The molecule has 0 aliphatic heterocycles. The molecule has 8 nitrogen and oxygen atoms in total. The fraction of sp³-hybridized carbons (Fsp3) is 0.429. The highest BCUT2D eigenvalue weighted by atomic mass is 16.5. The van der Waals surface area contributed by atoms with Crippen molar-refractivity contribution in [1.29, 1.82) is 0 Å². The van der Waals surface area contributed by atoms with Gasteiger partial charge in [0, 0.05) is 12.4 Å². The van der Waals surface area contributed by atoms with Gasteiger partial charge in [-0.3, -0.25) is 9.98 Å². The van der Waals surface area contributed by atoms with Crippen molar-refractivity contribution in [3.05, 3.63) is 22.7 Å². The van der Waals surface area contributed by atoms with Gasteiger partial charge >= 0.3 is 11.9 Å². The number of carbonyl (C=O) groups excluding carboxylic acids is 2. The van der Waals surface area contributed by atoms with Gasteiger partial charge in [-0.05, 0) is 13.8 Å². The molecule has 0 amide bonds. The third-order valence-corrected chi connectivity index (χ3v) is 2.39. The number of carbonyl (C=O) groups is 2. The molecular weight excluding hydrogens is 292 g/mol. The summed E-state index contributed by atoms with van der Waals surface area (Å²) in [6.45, 7) is 3.11. The molecule has 0 aliphatic carbocycles. The predicted octanol–water partition coefficient (Wildman–Crippen LogP) is 1.14. The van der Waals surface area contributed by atoms with Crippen LogP contribution < -0.4 is 0 Å². The Kier molecular flexibility index (Phi) is 8.92. The third kappa shape index (κ3) is 6.69. The molecule has 0 aromatic heterocycles. The highest BCUT2D eigenvalue weighted by molar-refractivity contribution is 6.10. The SMILES string of the molecule is COC(=O)C(/C=N/CC/N=C/C(C(=O)OC)=C(/C)O)=C(\C)O. The van der Waals surface area contributed by atoms with E-state index in [4.69, 9.17) is 0 Å². The topological polar surface area (TPSA) is 118 Å². The first kappa shape index (κ1) is 19.4. The average molecular weight is 312 g/mol. The number of nitrogens with zero attached hydrogens (tertiary/aromatic N) is 2. The van der Waals surface area contributed by atoms with Crippen LogP contribution in [0.5, 0.6) is 0 Å². The summed E-state index contributed by atoms with van der Waals surface area (Å²) < 4.78 is 8.97. The maximum atomic E-state index is 11.3. The normalized spacial score (nSPS) is 13.8. The summed E-state index contributed by atoms with van der Waals surface area (Å²) in [5, 5.41) is 18.6. The molecule has 0 aliphatic rings. The first-order valence-electron chi connectivity index (χ1n) is 6.31. The van der Waals surface area contributed by atoms with Crippen molar-refractivity contribution in [2.75, 3.05) is 27.3 Å². The zero-order chi connectivity index (χ0) is 17.1. The second-order valence-corrected chi connectivity index (χ2v) is 4.05. The monoisotopic (exact) mass is 312 g/mol. The largest absolute Gasteiger partial charge is 0.512 e. The minimum absolute atomic E-state index is 0.0483. The molecule has 0 rings (SSSR count). The average Bonchev–Trinajstić information content (AvgIpc) is 2.47. The van der Waals surface area contributed by atoms with Gasteiger partial charge in [-0.2, -0.15) is 0 Å². The van der Waals surface area contributed by atoms with E-state index in [-0.39, 0.29) is 35.8 Å². The van der Waals surface area contributed by atoms with Crippen LogP contribution in [0, 0.1) is 0 Å². The zero-order valence-corrected chi connectivity index (χ0v) is 13.0. The van der Waals surface area contributed by atoms with Crippen LogP contribution in [0.25, 0.3) is 0 Å². The first-order chi connectivity index (χ1) is 10.3. The van der Waals surface area contributed by atoms with E-state index in [1.807, 2.05) is 0 Å². The number of rotatable bonds is 7. The summed E-state index contributed by atoms with van der Waals surface area (Å²) in [6, 6.07) is 0. The highest BCUT2D eigenvalue weighted by Crippen LogP contribution is 2.01. The molecule has 0 saturated carbocycles. The van der Waals surface area contributed by atoms with Crippen LogP contribution in [-0.2, 0) is 19.1 Å². The van der Waals surface area contributed by atoms with E-state index >= 15 is 0 Å². The molecular formula is C14H20N2O6. The highest BCUT2D eigenvalue weighted by Gasteiger charge is 2.11. The van der Waals surface area contributed by atoms with Crippen molar-refractivity contribution in [3.8, 4) is 0 Å². The van der Waals surface area contributed by atoms with Crippen LogP contribution in [-0.4, -0.2) is 61.9 Å². The van der Waals surface area contributed by atoms with Crippen molar-refractivity contribution in [3.63, 3.8) is 0 Å². The summed E-state index contributed by atoms with van der Waals surface area (Å²) >= 11 is 0. The quantitative estimate of drug-likeness (QED) is 0.239. The minimum atomic E-state index is -0.695. The molecule has 0 atom stereocenters. The zero-order valence-electron chi connectivity index (χ0n) is 13.0. The molecule has 0 aromatic carbocycles. The Morgan fingerprint density at radius 2 is 1.18 bits per heavy atom. The van der Waals surface area contributed by atoms with Gasteiger partial charge in [0.05, 0.1) is 27.3 Å². The molecule has 2 N–H and O–H groups in total. The molecule has 0 heterocycles. The minimum Gasteiger partial charge on any atom is -0.512 e. The molecule has 0 saturated heterocycles. The van der Waals surface area contributed by atoms with Crippen LogP contribution >= 0.6 is 0 Å². The summed E-state index contributed by atoms with van der Waals surface area (Å²) in [7, 11) is 2.39. The number of ether oxygens (including phenoxy) is 2. The van der Waals surface area contributed by atoms with Crippen molar-refractivity contribution in [1.82, 2.24) is 0 Å². The van der Waals surface area contributed by atoms with Gasteiger partial charge in [-0.1, -0.05) is 0 Å². The van der Waals surface area contributed by atoms with Gasteiger partial charge in [0.25, 0.3) is 0 Å². The Morgan fingerprint density at radius 3 is 1.41 bits per heavy atom. The Morgan fingerprint density at radius 1 is 0.864 bits per heavy atom. The second kappa shape index (κ2) is 10.1. The van der Waals surface area contributed by atoms with Gasteiger partial charge in [0.1, 0.15) is 22.7 Å². The van der Waals surface area contributed by atoms with Crippen LogP contribution in [0.15, 0.2) is 32.6 Å². The van der Waals surface area contributed by atoms with E-state index < -0.39 is 11.9 Å². The van der Waals surface area contributed by atoms with E-state index in [9.17, 15) is 19.8 Å². The lowest BCUT2D eigenvalue weighted by Gasteiger charge is -2.01. The smallest absolute Gasteiger partial charge is 0.342 e. The first-order valence-corrected chi connectivity index (χ1v) is 6.31. The Bertz CT molecular complexity index is 475. The van der Waals surface area contributed by atoms with Crippen molar-refractivity contribution >= 4 is 24.4 Å². The van der Waals surface area contributed by atoms with Gasteiger partial charge < -0.3 is 19.7 Å². The van der Waals surface area contributed by atoms with Crippen LogP contribution in [0.1, 0.15) is 13.8 Å². The lowest BCUT2D eigenvalue weighted by molar-refractivity contribution is -0.136. The fourth-order valence-electron chi connectivity index (χ4n) is 1.23. The number of esters is 2. The summed E-state index contributed by atoms with van der Waals surface area (Å²) in [5.74, 6) is -1.80. The summed E-state index contributed by atoms with van der Waals surface area (Å²) in [5.41, 5.74) is -0.0966. The summed E-state index contributed by atoms with van der Waals surface area (Å²) in [6.07, 6.45) is 2.37. The molecule has 122 valence electrons. The van der Waals surface area contributed by atoms with Gasteiger partial charge in [-0.25, -0.2) is 9.59 Å². The standard InChI is InChI=1S/C14H20N2O6/c1-9(17)11(13(19)21-3)7-15-5-6-16-8-12(10(2)18)14(20)22-4/h7-8,17-18H,5-6H2,1-4H3/b11-9+,12-10+,15-7+,16-8+. The molecule has 0 unspecified atom stereocenters. The van der Waals surface area contributed by atoms with Crippen molar-refractivity contribution in [2.45, 2.75) is 13.8 Å². The molecule has 8 heteroatoms. The number of allylic oxidation sites excluding steroid dienone is 2. The summed E-state index contributed by atoms with van der Waals surface area (Å²) in [4.78, 5) is 30.4. The number of methoxy groups -OCH3 is 2. The van der Waals surface area contributed by atoms with E-state index in [2.05, 4.69) is 19.5 Å². The maximum Gasteiger partial charge on any atom is 0.342 e. The van der Waals surface area contributed by atoms with Gasteiger partial charge in [0.15, 0.2) is 0 Å². The Labute approximate surface area is 128 Å². The molecule has 22 heavy (non-hydrogen) atoms. The maximum absolute atomic E-state index is 11.3. The van der Waals surface area contributed by atoms with Crippen LogP contribution in [0.3, 0.4) is 0 Å².